The number of ether oxygens (including phenoxy) is 1. The molecule has 1 aromatic heterocycles. The number of nitrogens with one attached hydrogen (secondary N) is 1. The summed E-state index contributed by atoms with van der Waals surface area (Å²) in [6, 6.07) is 9.14. The van der Waals surface area contributed by atoms with E-state index < -0.39 is 10.0 Å². The lowest BCUT2D eigenvalue weighted by Crippen LogP contribution is -2.35. The summed E-state index contributed by atoms with van der Waals surface area (Å²) >= 11 is 1.21. The van der Waals surface area contributed by atoms with E-state index in [1.165, 1.54) is 11.3 Å². The summed E-state index contributed by atoms with van der Waals surface area (Å²) in [6.07, 6.45) is 0. The van der Waals surface area contributed by atoms with Crippen LogP contribution in [0.25, 0.3) is 11.3 Å². The number of fused-ring (bicyclic) bond motifs is 1. The summed E-state index contributed by atoms with van der Waals surface area (Å²) < 4.78 is 34.0. The van der Waals surface area contributed by atoms with Crippen molar-refractivity contribution in [3.63, 3.8) is 0 Å². The molecule has 1 aliphatic heterocycles. The molecule has 2 aromatic carbocycles. The summed E-state index contributed by atoms with van der Waals surface area (Å²) in [5.74, 6) is 0.498. The number of nitrogens with zero attached hydrogens (tertiary/aromatic N) is 2. The van der Waals surface area contributed by atoms with Crippen LogP contribution in [0.2, 0.25) is 0 Å². The van der Waals surface area contributed by atoms with Gasteiger partial charge in [-0.15, -0.1) is 11.3 Å². The zero-order valence-electron chi connectivity index (χ0n) is 17.0. The van der Waals surface area contributed by atoms with E-state index in [1.807, 2.05) is 31.2 Å². The molecule has 1 N–H and O–H groups in total. The monoisotopic (exact) mass is 443 g/mol. The van der Waals surface area contributed by atoms with Gasteiger partial charge in [0.25, 0.3) is 15.9 Å². The van der Waals surface area contributed by atoms with Gasteiger partial charge in [0.05, 0.1) is 16.3 Å². The highest BCUT2D eigenvalue weighted by molar-refractivity contribution is 7.93. The summed E-state index contributed by atoms with van der Waals surface area (Å²) in [5, 5.41) is 2.06. The van der Waals surface area contributed by atoms with Crippen molar-refractivity contribution < 1.29 is 17.9 Å². The maximum absolute atomic E-state index is 13.0. The molecule has 0 radical (unpaired) electrons. The van der Waals surface area contributed by atoms with Crippen LogP contribution in [-0.2, 0) is 14.8 Å². The smallest absolute Gasteiger partial charge is 0.264 e. The number of anilines is 2. The maximum atomic E-state index is 13.0. The Labute approximate surface area is 179 Å². The van der Waals surface area contributed by atoms with E-state index in [9.17, 15) is 13.2 Å². The Morgan fingerprint density at radius 2 is 1.83 bits per heavy atom. The van der Waals surface area contributed by atoms with Gasteiger partial charge in [0.2, 0.25) is 0 Å². The molecule has 4 rings (SSSR count). The molecule has 3 aromatic rings. The lowest BCUT2D eigenvalue weighted by Gasteiger charge is -2.26. The lowest BCUT2D eigenvalue weighted by molar-refractivity contribution is -0.120. The number of rotatable bonds is 4. The Hall–Kier alpha value is -2.91. The van der Waals surface area contributed by atoms with Crippen molar-refractivity contribution in [3.05, 3.63) is 52.4 Å². The molecule has 30 heavy (non-hydrogen) atoms. The van der Waals surface area contributed by atoms with Gasteiger partial charge in [0.1, 0.15) is 5.75 Å². The van der Waals surface area contributed by atoms with Crippen LogP contribution in [0.5, 0.6) is 5.75 Å². The molecule has 1 aliphatic rings. The van der Waals surface area contributed by atoms with Gasteiger partial charge >= 0.3 is 0 Å². The summed E-state index contributed by atoms with van der Waals surface area (Å²) in [6.45, 7) is 5.53. The third-order valence-corrected chi connectivity index (χ3v) is 7.47. The molecule has 0 saturated carbocycles. The Kier molecular flexibility index (Phi) is 5.03. The van der Waals surface area contributed by atoms with E-state index in [4.69, 9.17) is 4.74 Å². The van der Waals surface area contributed by atoms with Crippen LogP contribution in [0.3, 0.4) is 0 Å². The highest BCUT2D eigenvalue weighted by Gasteiger charge is 2.24. The molecule has 7 nitrogen and oxygen atoms in total. The molecule has 0 saturated heterocycles. The van der Waals surface area contributed by atoms with Gasteiger partial charge in [-0.2, -0.15) is 0 Å². The minimum absolute atomic E-state index is 0.0172. The number of carbonyl (C=O) groups excluding carboxylic acids is 1. The third-order valence-electron chi connectivity index (χ3n) is 4.94. The fourth-order valence-corrected chi connectivity index (χ4v) is 6.07. The zero-order valence-corrected chi connectivity index (χ0v) is 18.6. The van der Waals surface area contributed by atoms with Gasteiger partial charge in [0.15, 0.2) is 11.7 Å². The van der Waals surface area contributed by atoms with Crippen LogP contribution in [0.4, 0.5) is 10.8 Å². The van der Waals surface area contributed by atoms with Crippen LogP contribution in [0, 0.1) is 20.8 Å². The number of sulfonamides is 1. The number of likely N-dealkylation sites (N-methyl/N-ethyl adjacent to an activating group) is 1. The van der Waals surface area contributed by atoms with Gasteiger partial charge in [-0.05, 0) is 50.1 Å². The molecule has 1 amide bonds. The van der Waals surface area contributed by atoms with Gasteiger partial charge < -0.3 is 9.64 Å². The topological polar surface area (TPSA) is 88.6 Å². The average Bonchev–Trinajstić information content (AvgIpc) is 3.11. The van der Waals surface area contributed by atoms with Crippen molar-refractivity contribution in [2.75, 3.05) is 23.3 Å². The predicted molar refractivity (Wildman–Crippen MR) is 118 cm³/mol. The summed E-state index contributed by atoms with van der Waals surface area (Å²) in [7, 11) is -2.07. The van der Waals surface area contributed by atoms with Crippen molar-refractivity contribution in [2.24, 2.45) is 0 Å². The van der Waals surface area contributed by atoms with Crippen LogP contribution in [-0.4, -0.2) is 33.0 Å². The van der Waals surface area contributed by atoms with Crippen molar-refractivity contribution in [1.82, 2.24) is 4.98 Å². The normalized spacial score (nSPS) is 13.7. The minimum atomic E-state index is -3.77. The second-order valence-electron chi connectivity index (χ2n) is 7.30. The molecule has 0 aliphatic carbocycles. The minimum Gasteiger partial charge on any atom is -0.482 e. The standard InChI is InChI=1S/C21H21N3O4S2/c1-12-7-13(2)20(14(3)8-12)30(26,27)23-21-22-16(11-29-21)15-5-6-18-17(9-15)24(4)19(25)10-28-18/h5-9,11H,10H2,1-4H3,(H,22,23). The van der Waals surface area contributed by atoms with Crippen LogP contribution in [0.15, 0.2) is 40.6 Å². The second-order valence-corrected chi connectivity index (χ2v) is 9.77. The Morgan fingerprint density at radius 1 is 1.13 bits per heavy atom. The number of thiazole rings is 1. The first-order valence-electron chi connectivity index (χ1n) is 9.25. The number of carbonyl (C=O) groups is 1. The van der Waals surface area contributed by atoms with E-state index in [1.54, 1.807) is 37.2 Å². The van der Waals surface area contributed by atoms with E-state index in [0.717, 1.165) is 11.1 Å². The molecule has 0 bridgehead atoms. The fourth-order valence-electron chi connectivity index (χ4n) is 3.64. The van der Waals surface area contributed by atoms with E-state index in [0.29, 0.717) is 28.3 Å². The van der Waals surface area contributed by atoms with Gasteiger partial charge in [0, 0.05) is 18.0 Å². The first kappa shape index (κ1) is 20.4. The molecule has 9 heteroatoms. The molecule has 0 atom stereocenters. The SMILES string of the molecule is Cc1cc(C)c(S(=O)(=O)Nc2nc(-c3ccc4c(c3)N(C)C(=O)CO4)cs2)c(C)c1. The van der Waals surface area contributed by atoms with E-state index in [2.05, 4.69) is 9.71 Å². The van der Waals surface area contributed by atoms with Crippen LogP contribution in [0.1, 0.15) is 16.7 Å². The Balaban J connectivity index is 1.64. The number of aryl methyl sites for hydroxylation is 3. The summed E-state index contributed by atoms with van der Waals surface area (Å²) in [4.78, 5) is 18.1. The number of hydrogen-bond acceptors (Lipinski definition) is 6. The largest absolute Gasteiger partial charge is 0.482 e. The zero-order chi connectivity index (χ0) is 21.6. The van der Waals surface area contributed by atoms with Crippen molar-refractivity contribution in [1.29, 1.82) is 0 Å². The first-order valence-corrected chi connectivity index (χ1v) is 11.6. The molecule has 0 unspecified atom stereocenters. The molecule has 2 heterocycles. The maximum Gasteiger partial charge on any atom is 0.264 e. The van der Waals surface area contributed by atoms with Crippen molar-refractivity contribution in [3.8, 4) is 17.0 Å². The molecule has 0 fully saturated rings. The fraction of sp³-hybridized carbons (Fsp3) is 0.238. The quantitative estimate of drug-likeness (QED) is 0.661. The summed E-state index contributed by atoms with van der Waals surface area (Å²) in [5.41, 5.74) is 4.44. The van der Waals surface area contributed by atoms with Crippen LogP contribution < -0.4 is 14.4 Å². The molecule has 0 spiro atoms. The number of hydrogen-bond donors (Lipinski definition) is 1. The number of benzene rings is 2. The Morgan fingerprint density at radius 3 is 2.53 bits per heavy atom. The van der Waals surface area contributed by atoms with Crippen LogP contribution >= 0.6 is 11.3 Å². The van der Waals surface area contributed by atoms with Crippen molar-refractivity contribution >= 4 is 38.1 Å². The van der Waals surface area contributed by atoms with Gasteiger partial charge in [-0.3, -0.25) is 9.52 Å². The highest BCUT2D eigenvalue weighted by atomic mass is 32.2. The third kappa shape index (κ3) is 3.66. The molecular weight excluding hydrogens is 422 g/mol. The second kappa shape index (κ2) is 7.41. The first-order chi connectivity index (χ1) is 14.2. The number of aromatic nitrogens is 1. The number of amides is 1. The Bertz CT molecular complexity index is 1240. The highest BCUT2D eigenvalue weighted by Crippen LogP contribution is 2.36. The molecule has 156 valence electrons. The van der Waals surface area contributed by atoms with E-state index >= 15 is 0 Å². The predicted octanol–water partition coefficient (Wildman–Crippen LogP) is 3.89. The molecular formula is C21H21N3O4S2. The van der Waals surface area contributed by atoms with Gasteiger partial charge in [-0.1, -0.05) is 17.7 Å². The van der Waals surface area contributed by atoms with Gasteiger partial charge in [-0.25, -0.2) is 13.4 Å². The van der Waals surface area contributed by atoms with E-state index in [-0.39, 0.29) is 22.5 Å². The lowest BCUT2D eigenvalue weighted by atomic mass is 10.1. The average molecular weight is 444 g/mol. The van der Waals surface area contributed by atoms with Crippen molar-refractivity contribution in [2.45, 2.75) is 25.7 Å².